The number of aryl methyl sites for hydroxylation is 1. The molecule has 0 aliphatic rings. The van der Waals surface area contributed by atoms with Crippen molar-refractivity contribution in [3.63, 3.8) is 0 Å². The Balaban J connectivity index is 1.94. The zero-order valence-corrected chi connectivity index (χ0v) is 14.8. The Hall–Kier alpha value is -2.04. The van der Waals surface area contributed by atoms with Gasteiger partial charge in [0.15, 0.2) is 5.96 Å². The van der Waals surface area contributed by atoms with Crippen LogP contribution in [-0.2, 0) is 6.54 Å². The quantitative estimate of drug-likeness (QED) is 0.555. The maximum Gasteiger partial charge on any atom is 0.191 e. The molecule has 0 amide bonds. The summed E-state index contributed by atoms with van der Waals surface area (Å²) in [5.41, 5.74) is 3.20. The summed E-state index contributed by atoms with van der Waals surface area (Å²) in [5.74, 6) is 0.687. The van der Waals surface area contributed by atoms with Gasteiger partial charge in [-0.3, -0.25) is 0 Å². The molecule has 5 heteroatoms. The molecule has 0 aromatic heterocycles. The Labute approximate surface area is 148 Å². The van der Waals surface area contributed by atoms with Gasteiger partial charge in [-0.15, -0.1) is 0 Å². The highest BCUT2D eigenvalue weighted by Gasteiger charge is 2.08. The number of nitrogens with one attached hydrogen (secondary N) is 2. The third-order valence-electron chi connectivity index (χ3n) is 3.56. The van der Waals surface area contributed by atoms with Gasteiger partial charge in [-0.1, -0.05) is 53.6 Å². The fourth-order valence-corrected chi connectivity index (χ4v) is 2.44. The molecule has 0 heterocycles. The highest BCUT2D eigenvalue weighted by atomic mass is 35.5. The minimum atomic E-state index is -0.620. The van der Waals surface area contributed by atoms with Crippen molar-refractivity contribution < 1.29 is 5.11 Å². The van der Waals surface area contributed by atoms with E-state index < -0.39 is 6.10 Å². The molecule has 0 fully saturated rings. The van der Waals surface area contributed by atoms with Crippen LogP contribution in [0.4, 0.5) is 0 Å². The van der Waals surface area contributed by atoms with Gasteiger partial charge in [0.1, 0.15) is 0 Å². The second-order valence-corrected chi connectivity index (χ2v) is 6.07. The van der Waals surface area contributed by atoms with E-state index in [1.807, 2.05) is 25.1 Å². The van der Waals surface area contributed by atoms with Gasteiger partial charge in [0.05, 0.1) is 12.6 Å². The average molecular weight is 346 g/mol. The molecule has 0 radical (unpaired) electrons. The van der Waals surface area contributed by atoms with Crippen LogP contribution in [0, 0.1) is 6.92 Å². The largest absolute Gasteiger partial charge is 0.387 e. The molecule has 0 saturated carbocycles. The van der Waals surface area contributed by atoms with Crippen LogP contribution < -0.4 is 10.6 Å². The standard InChI is InChI=1S/C19H24ClN3O/c1-3-21-19(22-12-15-6-4-5-14(2)11-15)23-13-18(24)16-7-9-17(20)10-8-16/h4-11,18,24H,3,12-13H2,1-2H3,(H2,21,22,23). The Morgan fingerprint density at radius 3 is 2.58 bits per heavy atom. The van der Waals surface area contributed by atoms with Crippen LogP contribution in [0.1, 0.15) is 29.7 Å². The van der Waals surface area contributed by atoms with Crippen LogP contribution in [0.25, 0.3) is 0 Å². The molecule has 128 valence electrons. The number of aliphatic imine (C=N–C) groups is 1. The predicted octanol–water partition coefficient (Wildman–Crippen LogP) is 3.44. The van der Waals surface area contributed by atoms with Crippen molar-refractivity contribution in [3.8, 4) is 0 Å². The first-order valence-electron chi connectivity index (χ1n) is 8.09. The molecule has 2 rings (SSSR count). The first-order chi connectivity index (χ1) is 11.6. The number of aliphatic hydroxyl groups excluding tert-OH is 1. The number of rotatable bonds is 6. The van der Waals surface area contributed by atoms with E-state index in [-0.39, 0.29) is 0 Å². The van der Waals surface area contributed by atoms with Crippen LogP contribution in [-0.4, -0.2) is 24.2 Å². The molecular formula is C19H24ClN3O. The number of hydrogen-bond acceptors (Lipinski definition) is 2. The Morgan fingerprint density at radius 2 is 1.92 bits per heavy atom. The molecule has 2 aromatic rings. The fourth-order valence-electron chi connectivity index (χ4n) is 2.32. The van der Waals surface area contributed by atoms with E-state index in [1.165, 1.54) is 5.56 Å². The van der Waals surface area contributed by atoms with Gasteiger partial charge in [-0.25, -0.2) is 4.99 Å². The van der Waals surface area contributed by atoms with Crippen molar-refractivity contribution >= 4 is 17.6 Å². The molecule has 1 atom stereocenters. The lowest BCUT2D eigenvalue weighted by atomic mass is 10.1. The molecule has 0 saturated heterocycles. The molecule has 24 heavy (non-hydrogen) atoms. The minimum Gasteiger partial charge on any atom is -0.387 e. The lowest BCUT2D eigenvalue weighted by Gasteiger charge is -2.15. The summed E-state index contributed by atoms with van der Waals surface area (Å²) in [7, 11) is 0. The summed E-state index contributed by atoms with van der Waals surface area (Å²) in [4.78, 5) is 4.57. The average Bonchev–Trinajstić information content (AvgIpc) is 2.58. The second kappa shape index (κ2) is 9.30. The number of hydrogen-bond donors (Lipinski definition) is 3. The molecule has 1 unspecified atom stereocenters. The zero-order chi connectivity index (χ0) is 17.4. The predicted molar refractivity (Wildman–Crippen MR) is 100 cm³/mol. The summed E-state index contributed by atoms with van der Waals surface area (Å²) in [6.07, 6.45) is -0.620. The lowest BCUT2D eigenvalue weighted by Crippen LogP contribution is -2.39. The van der Waals surface area contributed by atoms with E-state index in [4.69, 9.17) is 11.6 Å². The van der Waals surface area contributed by atoms with Crippen molar-refractivity contribution in [2.75, 3.05) is 13.1 Å². The maximum atomic E-state index is 10.3. The summed E-state index contributed by atoms with van der Waals surface area (Å²) < 4.78 is 0. The highest BCUT2D eigenvalue weighted by Crippen LogP contribution is 2.15. The maximum absolute atomic E-state index is 10.3. The van der Waals surface area contributed by atoms with Crippen LogP contribution in [0.5, 0.6) is 0 Å². The number of halogens is 1. The van der Waals surface area contributed by atoms with Gasteiger partial charge >= 0.3 is 0 Å². The summed E-state index contributed by atoms with van der Waals surface area (Å²) >= 11 is 5.87. The molecule has 2 aromatic carbocycles. The number of guanidine groups is 1. The monoisotopic (exact) mass is 345 g/mol. The summed E-state index contributed by atoms with van der Waals surface area (Å²) in [5, 5.41) is 17.3. The third-order valence-corrected chi connectivity index (χ3v) is 3.82. The third kappa shape index (κ3) is 5.87. The zero-order valence-electron chi connectivity index (χ0n) is 14.1. The van der Waals surface area contributed by atoms with Gasteiger partial charge in [0, 0.05) is 18.1 Å². The Bertz CT molecular complexity index is 671. The van der Waals surface area contributed by atoms with E-state index in [0.717, 1.165) is 17.7 Å². The van der Waals surface area contributed by atoms with Crippen molar-refractivity contribution in [1.29, 1.82) is 0 Å². The minimum absolute atomic E-state index is 0.376. The molecule has 4 nitrogen and oxygen atoms in total. The van der Waals surface area contributed by atoms with E-state index in [1.54, 1.807) is 12.1 Å². The van der Waals surface area contributed by atoms with Crippen molar-refractivity contribution in [2.45, 2.75) is 26.5 Å². The Kier molecular flexibility index (Phi) is 7.09. The van der Waals surface area contributed by atoms with Crippen LogP contribution >= 0.6 is 11.6 Å². The normalized spacial score (nSPS) is 12.8. The van der Waals surface area contributed by atoms with Gasteiger partial charge in [0.25, 0.3) is 0 Å². The topological polar surface area (TPSA) is 56.7 Å². The fraction of sp³-hybridized carbons (Fsp3) is 0.316. The van der Waals surface area contributed by atoms with E-state index in [0.29, 0.717) is 24.1 Å². The molecule has 0 aliphatic carbocycles. The highest BCUT2D eigenvalue weighted by molar-refractivity contribution is 6.30. The van der Waals surface area contributed by atoms with E-state index in [2.05, 4.69) is 40.7 Å². The lowest BCUT2D eigenvalue weighted by molar-refractivity contribution is 0.181. The smallest absolute Gasteiger partial charge is 0.191 e. The number of nitrogens with zero attached hydrogens (tertiary/aromatic N) is 1. The van der Waals surface area contributed by atoms with Crippen LogP contribution in [0.15, 0.2) is 53.5 Å². The van der Waals surface area contributed by atoms with Gasteiger partial charge < -0.3 is 15.7 Å². The van der Waals surface area contributed by atoms with Crippen molar-refractivity contribution in [1.82, 2.24) is 10.6 Å². The van der Waals surface area contributed by atoms with E-state index >= 15 is 0 Å². The summed E-state index contributed by atoms with van der Waals surface area (Å²) in [6, 6.07) is 15.5. The van der Waals surface area contributed by atoms with E-state index in [9.17, 15) is 5.11 Å². The number of aliphatic hydroxyl groups is 1. The first kappa shape index (κ1) is 18.3. The molecule has 0 spiro atoms. The molecule has 0 bridgehead atoms. The van der Waals surface area contributed by atoms with Crippen LogP contribution in [0.3, 0.4) is 0 Å². The van der Waals surface area contributed by atoms with Gasteiger partial charge in [-0.05, 0) is 37.1 Å². The molecular weight excluding hydrogens is 322 g/mol. The van der Waals surface area contributed by atoms with Crippen molar-refractivity contribution in [3.05, 3.63) is 70.2 Å². The van der Waals surface area contributed by atoms with Gasteiger partial charge in [0.2, 0.25) is 0 Å². The SMILES string of the molecule is CCNC(=NCc1cccc(C)c1)NCC(O)c1ccc(Cl)cc1. The molecule has 3 N–H and O–H groups in total. The van der Waals surface area contributed by atoms with Gasteiger partial charge in [-0.2, -0.15) is 0 Å². The summed E-state index contributed by atoms with van der Waals surface area (Å²) in [6.45, 7) is 5.81. The second-order valence-electron chi connectivity index (χ2n) is 5.63. The van der Waals surface area contributed by atoms with Crippen LogP contribution in [0.2, 0.25) is 5.02 Å². The molecule has 0 aliphatic heterocycles. The Morgan fingerprint density at radius 1 is 1.17 bits per heavy atom. The van der Waals surface area contributed by atoms with Crippen molar-refractivity contribution in [2.24, 2.45) is 4.99 Å². The number of benzene rings is 2. The first-order valence-corrected chi connectivity index (χ1v) is 8.47.